The maximum atomic E-state index is 9.45. The van der Waals surface area contributed by atoms with Crippen molar-refractivity contribution in [2.24, 2.45) is 0 Å². The van der Waals surface area contributed by atoms with Crippen molar-refractivity contribution in [1.82, 2.24) is 0 Å². The van der Waals surface area contributed by atoms with Gasteiger partial charge in [0.2, 0.25) is 0 Å². The van der Waals surface area contributed by atoms with E-state index in [0.29, 0.717) is 0 Å². The summed E-state index contributed by atoms with van der Waals surface area (Å²) in [6, 6.07) is 6.08. The van der Waals surface area contributed by atoms with Crippen LogP contribution >= 0.6 is 0 Å². The van der Waals surface area contributed by atoms with Crippen LogP contribution in [0.3, 0.4) is 0 Å². The summed E-state index contributed by atoms with van der Waals surface area (Å²) in [5, 5.41) is 9.45. The Morgan fingerprint density at radius 3 is 3.00 bits per heavy atom. The predicted octanol–water partition coefficient (Wildman–Crippen LogP) is 1.54. The fourth-order valence-electron chi connectivity index (χ4n) is 1.84. The van der Waals surface area contributed by atoms with Gasteiger partial charge in [0.05, 0.1) is 13.2 Å². The number of aliphatic hydroxyl groups excluding tert-OH is 1. The highest BCUT2D eigenvalue weighted by molar-refractivity contribution is 5.37. The first kappa shape index (κ1) is 8.57. The van der Waals surface area contributed by atoms with Gasteiger partial charge in [-0.25, -0.2) is 0 Å². The minimum Gasteiger partial charge on any atom is -0.497 e. The Labute approximate surface area is 78.2 Å². The molecule has 1 N–H and O–H groups in total. The summed E-state index contributed by atoms with van der Waals surface area (Å²) in [5.74, 6) is 0.912. The smallest absolute Gasteiger partial charge is 0.119 e. The number of rotatable bonds is 1. The summed E-state index contributed by atoms with van der Waals surface area (Å²) < 4.78 is 5.14. The van der Waals surface area contributed by atoms with Gasteiger partial charge in [0.1, 0.15) is 5.75 Å². The Morgan fingerprint density at radius 2 is 2.23 bits per heavy atom. The lowest BCUT2D eigenvalue weighted by Crippen LogP contribution is -2.18. The maximum absolute atomic E-state index is 9.45. The normalized spacial score (nSPS) is 20.9. The average molecular weight is 178 g/mol. The largest absolute Gasteiger partial charge is 0.497 e. The van der Waals surface area contributed by atoms with Gasteiger partial charge in [-0.15, -0.1) is 0 Å². The molecule has 0 bridgehead atoms. The number of aryl methyl sites for hydroxylation is 1. The molecule has 70 valence electrons. The third-order valence-corrected chi connectivity index (χ3v) is 2.62. The SMILES string of the molecule is COc1ccc2c(c1)CC[C@@H](O)C2. The first-order valence-electron chi connectivity index (χ1n) is 4.63. The van der Waals surface area contributed by atoms with Gasteiger partial charge in [-0.1, -0.05) is 6.07 Å². The quantitative estimate of drug-likeness (QED) is 0.707. The zero-order valence-corrected chi connectivity index (χ0v) is 7.79. The first-order chi connectivity index (χ1) is 6.29. The molecule has 0 saturated carbocycles. The van der Waals surface area contributed by atoms with E-state index in [9.17, 15) is 5.11 Å². The number of aliphatic hydroxyl groups is 1. The molecule has 1 atom stereocenters. The van der Waals surface area contributed by atoms with E-state index in [1.807, 2.05) is 6.07 Å². The fourth-order valence-corrected chi connectivity index (χ4v) is 1.84. The summed E-state index contributed by atoms with van der Waals surface area (Å²) in [4.78, 5) is 0. The molecule has 0 aliphatic heterocycles. The second-order valence-electron chi connectivity index (χ2n) is 3.53. The molecule has 0 heterocycles. The molecule has 1 aliphatic rings. The van der Waals surface area contributed by atoms with Crippen LogP contribution in [0.25, 0.3) is 0 Å². The Hall–Kier alpha value is -1.02. The molecule has 0 radical (unpaired) electrons. The predicted molar refractivity (Wildman–Crippen MR) is 51.0 cm³/mol. The van der Waals surface area contributed by atoms with Crippen molar-refractivity contribution in [2.45, 2.75) is 25.4 Å². The van der Waals surface area contributed by atoms with Crippen LogP contribution in [-0.2, 0) is 12.8 Å². The van der Waals surface area contributed by atoms with Crippen molar-refractivity contribution in [1.29, 1.82) is 0 Å². The van der Waals surface area contributed by atoms with E-state index >= 15 is 0 Å². The lowest BCUT2D eigenvalue weighted by Gasteiger charge is -2.20. The monoisotopic (exact) mass is 178 g/mol. The van der Waals surface area contributed by atoms with E-state index in [0.717, 1.165) is 25.0 Å². The van der Waals surface area contributed by atoms with E-state index in [2.05, 4.69) is 12.1 Å². The molecule has 0 spiro atoms. The van der Waals surface area contributed by atoms with E-state index in [1.165, 1.54) is 11.1 Å². The minimum atomic E-state index is -0.152. The highest BCUT2D eigenvalue weighted by Gasteiger charge is 2.16. The molecule has 2 nitrogen and oxygen atoms in total. The van der Waals surface area contributed by atoms with Crippen molar-refractivity contribution < 1.29 is 9.84 Å². The zero-order chi connectivity index (χ0) is 9.26. The number of methoxy groups -OCH3 is 1. The van der Waals surface area contributed by atoms with E-state index in [4.69, 9.17) is 4.74 Å². The average Bonchev–Trinajstić information content (AvgIpc) is 2.17. The molecule has 0 unspecified atom stereocenters. The molecule has 0 aromatic heterocycles. The van der Waals surface area contributed by atoms with Crippen molar-refractivity contribution in [2.75, 3.05) is 7.11 Å². The van der Waals surface area contributed by atoms with Crippen LogP contribution in [0.1, 0.15) is 17.5 Å². The highest BCUT2D eigenvalue weighted by atomic mass is 16.5. The lowest BCUT2D eigenvalue weighted by atomic mass is 9.90. The Bertz CT molecular complexity index is 307. The standard InChI is InChI=1S/C11H14O2/c1-13-11-5-3-8-6-10(12)4-2-9(8)7-11/h3,5,7,10,12H,2,4,6H2,1H3/t10-/m1/s1. The number of fused-ring (bicyclic) bond motifs is 1. The van der Waals surface area contributed by atoms with Crippen LogP contribution in [0.4, 0.5) is 0 Å². The van der Waals surface area contributed by atoms with Crippen molar-refractivity contribution >= 4 is 0 Å². The van der Waals surface area contributed by atoms with Crippen LogP contribution in [-0.4, -0.2) is 18.3 Å². The van der Waals surface area contributed by atoms with E-state index < -0.39 is 0 Å². The van der Waals surface area contributed by atoms with Gasteiger partial charge in [-0.05, 0) is 42.5 Å². The van der Waals surface area contributed by atoms with Gasteiger partial charge < -0.3 is 9.84 Å². The van der Waals surface area contributed by atoms with Gasteiger partial charge >= 0.3 is 0 Å². The minimum absolute atomic E-state index is 0.152. The van der Waals surface area contributed by atoms with Crippen molar-refractivity contribution in [3.8, 4) is 5.75 Å². The third-order valence-electron chi connectivity index (χ3n) is 2.62. The van der Waals surface area contributed by atoms with Crippen LogP contribution in [0.2, 0.25) is 0 Å². The van der Waals surface area contributed by atoms with Gasteiger partial charge in [0.15, 0.2) is 0 Å². The van der Waals surface area contributed by atoms with Gasteiger partial charge in [0, 0.05) is 0 Å². The van der Waals surface area contributed by atoms with Gasteiger partial charge in [-0.3, -0.25) is 0 Å². The summed E-state index contributed by atoms with van der Waals surface area (Å²) in [5.41, 5.74) is 2.59. The van der Waals surface area contributed by atoms with Crippen LogP contribution < -0.4 is 4.74 Å². The number of benzene rings is 1. The summed E-state index contributed by atoms with van der Waals surface area (Å²) in [6.07, 6.45) is 2.48. The molecule has 2 heteroatoms. The maximum Gasteiger partial charge on any atom is 0.119 e. The molecular formula is C11H14O2. The summed E-state index contributed by atoms with van der Waals surface area (Å²) in [6.45, 7) is 0. The third kappa shape index (κ3) is 1.68. The number of ether oxygens (including phenoxy) is 1. The Kier molecular flexibility index (Phi) is 2.23. The second-order valence-corrected chi connectivity index (χ2v) is 3.53. The zero-order valence-electron chi connectivity index (χ0n) is 7.79. The molecule has 13 heavy (non-hydrogen) atoms. The van der Waals surface area contributed by atoms with E-state index in [1.54, 1.807) is 7.11 Å². The number of hydrogen-bond acceptors (Lipinski definition) is 2. The molecule has 1 aromatic rings. The molecule has 2 rings (SSSR count). The molecule has 0 saturated heterocycles. The van der Waals surface area contributed by atoms with Gasteiger partial charge in [-0.2, -0.15) is 0 Å². The van der Waals surface area contributed by atoms with Crippen LogP contribution in [0, 0.1) is 0 Å². The second kappa shape index (κ2) is 3.38. The molecule has 0 amide bonds. The fraction of sp³-hybridized carbons (Fsp3) is 0.455. The Morgan fingerprint density at radius 1 is 1.38 bits per heavy atom. The summed E-state index contributed by atoms with van der Waals surface area (Å²) >= 11 is 0. The van der Waals surface area contributed by atoms with Crippen molar-refractivity contribution in [3.63, 3.8) is 0 Å². The molecule has 1 aliphatic carbocycles. The first-order valence-corrected chi connectivity index (χ1v) is 4.63. The molecule has 1 aromatic carbocycles. The molecule has 0 fully saturated rings. The van der Waals surface area contributed by atoms with E-state index in [-0.39, 0.29) is 6.10 Å². The topological polar surface area (TPSA) is 29.5 Å². The van der Waals surface area contributed by atoms with Crippen LogP contribution in [0.5, 0.6) is 5.75 Å². The molecular weight excluding hydrogens is 164 g/mol. The Balaban J connectivity index is 2.31. The van der Waals surface area contributed by atoms with Gasteiger partial charge in [0.25, 0.3) is 0 Å². The lowest BCUT2D eigenvalue weighted by molar-refractivity contribution is 0.158. The summed E-state index contributed by atoms with van der Waals surface area (Å²) in [7, 11) is 1.68. The number of hydrogen-bond donors (Lipinski definition) is 1. The highest BCUT2D eigenvalue weighted by Crippen LogP contribution is 2.25. The van der Waals surface area contributed by atoms with Crippen LogP contribution in [0.15, 0.2) is 18.2 Å². The van der Waals surface area contributed by atoms with Crippen molar-refractivity contribution in [3.05, 3.63) is 29.3 Å².